The quantitative estimate of drug-likeness (QED) is 0.0991. The van der Waals surface area contributed by atoms with Crippen molar-refractivity contribution >= 4 is 17.9 Å². The molecule has 0 aliphatic carbocycles. The van der Waals surface area contributed by atoms with Gasteiger partial charge < -0.3 is 14.2 Å². The molecule has 0 heterocycles. The molecule has 3 aromatic carbocycles. The van der Waals surface area contributed by atoms with Gasteiger partial charge in [0.1, 0.15) is 5.75 Å². The lowest BCUT2D eigenvalue weighted by Gasteiger charge is -2.19. The minimum atomic E-state index is -5.14. The molecule has 0 N–H and O–H groups in total. The first-order chi connectivity index (χ1) is 20.6. The Morgan fingerprint density at radius 2 is 1.21 bits per heavy atom. The van der Waals surface area contributed by atoms with Crippen LogP contribution in [0.3, 0.4) is 0 Å². The van der Waals surface area contributed by atoms with Crippen molar-refractivity contribution < 1.29 is 41.8 Å². The van der Waals surface area contributed by atoms with Gasteiger partial charge in [-0.3, -0.25) is 0 Å². The van der Waals surface area contributed by atoms with E-state index in [2.05, 4.69) is 40.7 Å². The van der Waals surface area contributed by atoms with Crippen molar-refractivity contribution in [1.82, 2.24) is 0 Å². The van der Waals surface area contributed by atoms with E-state index in [1.54, 1.807) is 19.1 Å². The van der Waals surface area contributed by atoms with E-state index < -0.39 is 30.2 Å². The van der Waals surface area contributed by atoms with E-state index in [1.807, 2.05) is 12.1 Å². The van der Waals surface area contributed by atoms with E-state index in [9.17, 15) is 27.6 Å². The van der Waals surface area contributed by atoms with Crippen molar-refractivity contribution in [3.05, 3.63) is 89.5 Å². The highest BCUT2D eigenvalue weighted by Crippen LogP contribution is 2.26. The molecule has 1 unspecified atom stereocenters. The molecular formula is C34H37F3O6. The molecule has 6 nitrogen and oxygen atoms in total. The molecule has 0 saturated carbocycles. The van der Waals surface area contributed by atoms with Crippen LogP contribution in [-0.2, 0) is 20.7 Å². The number of rotatable bonds is 15. The first-order valence-corrected chi connectivity index (χ1v) is 14.6. The Hall–Kier alpha value is -4.14. The smallest absolute Gasteiger partial charge is 0.436 e. The Morgan fingerprint density at radius 3 is 1.79 bits per heavy atom. The number of carbonyl (C=O) groups is 3. The molecule has 0 bridgehead atoms. The highest BCUT2D eigenvalue weighted by Gasteiger charge is 2.49. The second-order valence-electron chi connectivity index (χ2n) is 10.2. The van der Waals surface area contributed by atoms with Crippen LogP contribution in [0.15, 0.2) is 72.8 Å². The molecule has 43 heavy (non-hydrogen) atoms. The third-order valence-corrected chi connectivity index (χ3v) is 6.71. The monoisotopic (exact) mass is 598 g/mol. The number of halogens is 3. The zero-order valence-corrected chi connectivity index (χ0v) is 24.5. The SMILES string of the molecule is CCCCCCCCc1ccc(-c2ccc(C(=O)Oc3ccc(C(=O)OC(C(=O)OCCC)C(F)(F)F)cc3)cc2)cc1. The summed E-state index contributed by atoms with van der Waals surface area (Å²) >= 11 is 0. The molecule has 9 heteroatoms. The Bertz CT molecular complexity index is 1320. The van der Waals surface area contributed by atoms with Gasteiger partial charge in [0.25, 0.3) is 6.10 Å². The Balaban J connectivity index is 1.54. The number of unbranched alkanes of at least 4 members (excludes halogenated alkanes) is 5. The van der Waals surface area contributed by atoms with Crippen LogP contribution in [0.2, 0.25) is 0 Å². The fourth-order valence-electron chi connectivity index (χ4n) is 4.30. The zero-order chi connectivity index (χ0) is 31.2. The van der Waals surface area contributed by atoms with E-state index in [-0.39, 0.29) is 17.9 Å². The Morgan fingerprint density at radius 1 is 0.674 bits per heavy atom. The summed E-state index contributed by atoms with van der Waals surface area (Å²) in [4.78, 5) is 36.6. The summed E-state index contributed by atoms with van der Waals surface area (Å²) in [5.74, 6) is -3.65. The van der Waals surface area contributed by atoms with Gasteiger partial charge in [-0.05, 0) is 72.4 Å². The van der Waals surface area contributed by atoms with Crippen LogP contribution < -0.4 is 4.74 Å². The number of ether oxygens (including phenoxy) is 3. The summed E-state index contributed by atoms with van der Waals surface area (Å²) in [5, 5.41) is 0. The summed E-state index contributed by atoms with van der Waals surface area (Å²) in [6, 6.07) is 20.1. The Labute approximate surface area is 250 Å². The number of alkyl halides is 3. The first kappa shape index (κ1) is 33.4. The van der Waals surface area contributed by atoms with Crippen molar-refractivity contribution in [2.75, 3.05) is 6.61 Å². The van der Waals surface area contributed by atoms with Crippen molar-refractivity contribution in [2.45, 2.75) is 77.5 Å². The minimum absolute atomic E-state index is 0.0707. The zero-order valence-electron chi connectivity index (χ0n) is 24.5. The normalized spacial score (nSPS) is 11.9. The van der Waals surface area contributed by atoms with Gasteiger partial charge in [-0.25, -0.2) is 14.4 Å². The summed E-state index contributed by atoms with van der Waals surface area (Å²) in [7, 11) is 0. The van der Waals surface area contributed by atoms with E-state index >= 15 is 0 Å². The number of aryl methyl sites for hydroxylation is 1. The lowest BCUT2D eigenvalue weighted by atomic mass is 10.00. The van der Waals surface area contributed by atoms with Gasteiger partial charge in [-0.1, -0.05) is 82.3 Å². The molecule has 0 aliphatic heterocycles. The molecule has 0 amide bonds. The van der Waals surface area contributed by atoms with Gasteiger partial charge in [0.2, 0.25) is 0 Å². The topological polar surface area (TPSA) is 78.9 Å². The van der Waals surface area contributed by atoms with Crippen LogP contribution in [0.5, 0.6) is 5.75 Å². The van der Waals surface area contributed by atoms with Gasteiger partial charge in [0.05, 0.1) is 17.7 Å². The maximum Gasteiger partial charge on any atom is 0.436 e. The molecule has 3 rings (SSSR count). The van der Waals surface area contributed by atoms with Crippen LogP contribution in [0.25, 0.3) is 11.1 Å². The van der Waals surface area contributed by atoms with Crippen molar-refractivity contribution in [3.63, 3.8) is 0 Å². The molecule has 3 aromatic rings. The lowest BCUT2D eigenvalue weighted by Crippen LogP contribution is -2.42. The average molecular weight is 599 g/mol. The van der Waals surface area contributed by atoms with Gasteiger partial charge in [-0.2, -0.15) is 13.2 Å². The highest BCUT2D eigenvalue weighted by atomic mass is 19.4. The van der Waals surface area contributed by atoms with Crippen molar-refractivity contribution in [1.29, 1.82) is 0 Å². The van der Waals surface area contributed by atoms with Crippen molar-refractivity contribution in [3.8, 4) is 16.9 Å². The molecular weight excluding hydrogens is 561 g/mol. The van der Waals surface area contributed by atoms with Crippen LogP contribution in [0.4, 0.5) is 13.2 Å². The second kappa shape index (κ2) is 16.5. The Kier molecular flexibility index (Phi) is 12.8. The number of benzene rings is 3. The standard InChI is InChI=1S/C34H37F3O6/c1-3-5-6-7-8-9-10-24-11-13-25(14-12-24)26-15-17-27(18-16-26)31(38)42-29-21-19-28(20-22-29)32(39)43-30(34(35,36)37)33(40)41-23-4-2/h11-22,30H,3-10,23H2,1-2H3. The average Bonchev–Trinajstić information content (AvgIpc) is 3.00. The highest BCUT2D eigenvalue weighted by molar-refractivity contribution is 5.93. The lowest BCUT2D eigenvalue weighted by molar-refractivity contribution is -0.218. The summed E-state index contributed by atoms with van der Waals surface area (Å²) in [6.45, 7) is 3.59. The van der Waals surface area contributed by atoms with Gasteiger partial charge in [0.15, 0.2) is 0 Å². The van der Waals surface area contributed by atoms with E-state index in [0.717, 1.165) is 29.7 Å². The largest absolute Gasteiger partial charge is 0.463 e. The van der Waals surface area contributed by atoms with E-state index in [4.69, 9.17) is 4.74 Å². The van der Waals surface area contributed by atoms with Gasteiger partial charge in [0, 0.05) is 0 Å². The fraction of sp³-hybridized carbons (Fsp3) is 0.382. The predicted molar refractivity (Wildman–Crippen MR) is 157 cm³/mol. The van der Waals surface area contributed by atoms with Crippen LogP contribution in [0, 0.1) is 0 Å². The molecule has 0 saturated heterocycles. The van der Waals surface area contributed by atoms with Crippen LogP contribution in [-0.4, -0.2) is 36.8 Å². The maximum atomic E-state index is 13.2. The number of esters is 3. The molecule has 230 valence electrons. The third-order valence-electron chi connectivity index (χ3n) is 6.71. The minimum Gasteiger partial charge on any atom is -0.463 e. The van der Waals surface area contributed by atoms with E-state index in [1.165, 1.54) is 56.2 Å². The first-order valence-electron chi connectivity index (χ1n) is 14.6. The summed E-state index contributed by atoms with van der Waals surface area (Å²) in [5.41, 5.74) is 3.31. The molecule has 0 aliphatic rings. The number of carbonyl (C=O) groups excluding carboxylic acids is 3. The third kappa shape index (κ3) is 10.6. The molecule has 1 atom stereocenters. The van der Waals surface area contributed by atoms with Crippen molar-refractivity contribution in [2.24, 2.45) is 0 Å². The number of hydrogen-bond acceptors (Lipinski definition) is 6. The molecule has 0 radical (unpaired) electrons. The van der Waals surface area contributed by atoms with E-state index in [0.29, 0.717) is 12.0 Å². The predicted octanol–water partition coefficient (Wildman–Crippen LogP) is 8.52. The van der Waals surface area contributed by atoms with Gasteiger partial charge in [-0.15, -0.1) is 0 Å². The molecule has 0 aromatic heterocycles. The molecule has 0 spiro atoms. The summed E-state index contributed by atoms with van der Waals surface area (Å²) < 4.78 is 53.9. The maximum absolute atomic E-state index is 13.2. The second-order valence-corrected chi connectivity index (χ2v) is 10.2. The van der Waals surface area contributed by atoms with Gasteiger partial charge >= 0.3 is 24.1 Å². The van der Waals surface area contributed by atoms with Crippen LogP contribution >= 0.6 is 0 Å². The fourth-order valence-corrected chi connectivity index (χ4v) is 4.30. The van der Waals surface area contributed by atoms with Crippen LogP contribution in [0.1, 0.15) is 85.1 Å². The number of hydrogen-bond donors (Lipinski definition) is 0. The summed E-state index contributed by atoms with van der Waals surface area (Å²) in [6.07, 6.45) is 0.741. The molecule has 0 fully saturated rings.